The third kappa shape index (κ3) is 5.25. The molecule has 1 atom stereocenters. The van der Waals surface area contributed by atoms with Gasteiger partial charge >= 0.3 is 6.03 Å². The van der Waals surface area contributed by atoms with Crippen LogP contribution in [-0.4, -0.2) is 47.9 Å². The normalized spacial score (nSPS) is 15.4. The number of nitrogens with zero attached hydrogens (tertiary/aromatic N) is 2. The van der Waals surface area contributed by atoms with E-state index in [1.807, 2.05) is 30.3 Å². The van der Waals surface area contributed by atoms with Gasteiger partial charge in [0, 0.05) is 26.7 Å². The fraction of sp³-hybridized carbons (Fsp3) is 0.579. The summed E-state index contributed by atoms with van der Waals surface area (Å²) >= 11 is 0. The third-order valence-electron chi connectivity index (χ3n) is 4.33. The van der Waals surface area contributed by atoms with Crippen LogP contribution in [0.1, 0.15) is 38.7 Å². The molecule has 5 nitrogen and oxygen atoms in total. The first kappa shape index (κ1) is 18.3. The molecule has 1 saturated heterocycles. The zero-order valence-electron chi connectivity index (χ0n) is 15.0. The smallest absolute Gasteiger partial charge is 0.318 e. The van der Waals surface area contributed by atoms with Gasteiger partial charge in [0.2, 0.25) is 5.91 Å². The van der Waals surface area contributed by atoms with E-state index >= 15 is 0 Å². The molecule has 0 spiro atoms. The minimum absolute atomic E-state index is 0.0277. The Labute approximate surface area is 145 Å². The number of carbonyl (C=O) groups is 2. The molecule has 0 saturated carbocycles. The molecule has 24 heavy (non-hydrogen) atoms. The van der Waals surface area contributed by atoms with Gasteiger partial charge in [-0.3, -0.25) is 4.79 Å². The minimum atomic E-state index is -0.466. The molecule has 1 heterocycles. The molecule has 1 aliphatic rings. The maximum Gasteiger partial charge on any atom is 0.318 e. The highest BCUT2D eigenvalue weighted by atomic mass is 16.2. The van der Waals surface area contributed by atoms with E-state index in [-0.39, 0.29) is 11.9 Å². The average molecular weight is 331 g/mol. The molecule has 1 fully saturated rings. The monoisotopic (exact) mass is 331 g/mol. The Balaban J connectivity index is 1.99. The van der Waals surface area contributed by atoms with Gasteiger partial charge in [0.25, 0.3) is 0 Å². The van der Waals surface area contributed by atoms with Crippen LogP contribution in [0.15, 0.2) is 30.3 Å². The molecule has 0 aliphatic carbocycles. The van der Waals surface area contributed by atoms with Crippen molar-refractivity contribution in [3.05, 3.63) is 35.9 Å². The van der Waals surface area contributed by atoms with E-state index in [1.54, 1.807) is 16.8 Å². The Morgan fingerprint density at radius 1 is 1.17 bits per heavy atom. The largest absolute Gasteiger partial charge is 0.340 e. The summed E-state index contributed by atoms with van der Waals surface area (Å²) in [4.78, 5) is 28.7. The number of likely N-dealkylation sites (N-methyl/N-ethyl adjacent to an activating group) is 1. The lowest BCUT2D eigenvalue weighted by atomic mass is 10.0. The Morgan fingerprint density at radius 3 is 2.38 bits per heavy atom. The van der Waals surface area contributed by atoms with Crippen molar-refractivity contribution in [1.29, 1.82) is 0 Å². The summed E-state index contributed by atoms with van der Waals surface area (Å²) in [5.74, 6) is 0.308. The number of carbonyl (C=O) groups excluding carboxylic acids is 2. The van der Waals surface area contributed by atoms with Crippen LogP contribution in [0.3, 0.4) is 0 Å². The van der Waals surface area contributed by atoms with Gasteiger partial charge in [-0.15, -0.1) is 0 Å². The maximum absolute atomic E-state index is 12.8. The molecule has 0 radical (unpaired) electrons. The number of nitrogens with one attached hydrogen (secondary N) is 1. The number of hydrogen-bond donors (Lipinski definition) is 1. The molecule has 1 N–H and O–H groups in total. The van der Waals surface area contributed by atoms with Crippen molar-refractivity contribution in [2.24, 2.45) is 5.92 Å². The van der Waals surface area contributed by atoms with Crippen LogP contribution < -0.4 is 5.32 Å². The van der Waals surface area contributed by atoms with Crippen molar-refractivity contribution < 1.29 is 9.59 Å². The fourth-order valence-corrected chi connectivity index (χ4v) is 3.05. The lowest BCUT2D eigenvalue weighted by Gasteiger charge is -2.27. The first-order valence-corrected chi connectivity index (χ1v) is 8.81. The summed E-state index contributed by atoms with van der Waals surface area (Å²) in [7, 11) is 1.80. The number of amides is 3. The van der Waals surface area contributed by atoms with Crippen molar-refractivity contribution in [3.8, 4) is 0 Å². The number of benzene rings is 1. The number of hydrogen-bond acceptors (Lipinski definition) is 2. The molecular weight excluding hydrogens is 302 g/mol. The van der Waals surface area contributed by atoms with Crippen LogP contribution in [0.25, 0.3) is 0 Å². The molecule has 5 heteroatoms. The van der Waals surface area contributed by atoms with Gasteiger partial charge in [-0.2, -0.15) is 0 Å². The minimum Gasteiger partial charge on any atom is -0.340 e. The molecule has 132 valence electrons. The van der Waals surface area contributed by atoms with E-state index in [4.69, 9.17) is 0 Å². The molecule has 1 aliphatic heterocycles. The maximum atomic E-state index is 12.8. The van der Waals surface area contributed by atoms with Gasteiger partial charge in [-0.25, -0.2) is 4.79 Å². The number of rotatable bonds is 6. The van der Waals surface area contributed by atoms with Crippen molar-refractivity contribution in [2.45, 2.75) is 45.7 Å². The van der Waals surface area contributed by atoms with E-state index in [0.717, 1.165) is 31.5 Å². The average Bonchev–Trinajstić information content (AvgIpc) is 3.08. The second-order valence-electron chi connectivity index (χ2n) is 7.01. The van der Waals surface area contributed by atoms with Crippen LogP contribution >= 0.6 is 0 Å². The van der Waals surface area contributed by atoms with Crippen LogP contribution in [0.5, 0.6) is 0 Å². The van der Waals surface area contributed by atoms with Gasteiger partial charge in [0.1, 0.15) is 6.04 Å². The van der Waals surface area contributed by atoms with Gasteiger partial charge < -0.3 is 15.1 Å². The van der Waals surface area contributed by atoms with E-state index < -0.39 is 6.04 Å². The topological polar surface area (TPSA) is 52.7 Å². The predicted molar refractivity (Wildman–Crippen MR) is 95.5 cm³/mol. The van der Waals surface area contributed by atoms with E-state index in [2.05, 4.69) is 19.2 Å². The standard InChI is InChI=1S/C19H29N3O2/c1-15(2)13-17(20-19(24)22-11-7-8-12-22)18(23)21(3)14-16-9-5-4-6-10-16/h4-6,9-10,15,17H,7-8,11-14H2,1-3H3,(H,20,24)/t17-/m0/s1. The highest BCUT2D eigenvalue weighted by Crippen LogP contribution is 2.12. The zero-order valence-corrected chi connectivity index (χ0v) is 15.0. The van der Waals surface area contributed by atoms with Gasteiger partial charge in [0.15, 0.2) is 0 Å². The van der Waals surface area contributed by atoms with Crippen molar-refractivity contribution in [1.82, 2.24) is 15.1 Å². The van der Waals surface area contributed by atoms with Crippen LogP contribution in [0.2, 0.25) is 0 Å². The van der Waals surface area contributed by atoms with Crippen LogP contribution in [-0.2, 0) is 11.3 Å². The Bertz CT molecular complexity index is 539. The third-order valence-corrected chi connectivity index (χ3v) is 4.33. The molecule has 0 bridgehead atoms. The lowest BCUT2D eigenvalue weighted by Crippen LogP contribution is -2.51. The highest BCUT2D eigenvalue weighted by Gasteiger charge is 2.27. The molecule has 3 amide bonds. The summed E-state index contributed by atoms with van der Waals surface area (Å²) in [6, 6.07) is 9.33. The first-order valence-electron chi connectivity index (χ1n) is 8.81. The molecule has 1 aromatic carbocycles. The summed E-state index contributed by atoms with van der Waals surface area (Å²) in [5, 5.41) is 2.95. The van der Waals surface area contributed by atoms with Crippen molar-refractivity contribution in [2.75, 3.05) is 20.1 Å². The molecule has 1 aromatic rings. The second-order valence-corrected chi connectivity index (χ2v) is 7.01. The summed E-state index contributed by atoms with van der Waals surface area (Å²) in [6.07, 6.45) is 2.74. The van der Waals surface area contributed by atoms with Crippen LogP contribution in [0, 0.1) is 5.92 Å². The summed E-state index contributed by atoms with van der Waals surface area (Å²) < 4.78 is 0. The van der Waals surface area contributed by atoms with Crippen molar-refractivity contribution >= 4 is 11.9 Å². The number of likely N-dealkylation sites (tertiary alicyclic amines) is 1. The van der Waals surface area contributed by atoms with Crippen LogP contribution in [0.4, 0.5) is 4.79 Å². The lowest BCUT2D eigenvalue weighted by molar-refractivity contribution is -0.132. The summed E-state index contributed by atoms with van der Waals surface area (Å²) in [6.45, 7) is 6.26. The fourth-order valence-electron chi connectivity index (χ4n) is 3.05. The Kier molecular flexibility index (Phi) is 6.64. The van der Waals surface area contributed by atoms with E-state index in [0.29, 0.717) is 18.9 Å². The Morgan fingerprint density at radius 2 is 1.79 bits per heavy atom. The highest BCUT2D eigenvalue weighted by molar-refractivity contribution is 5.87. The van der Waals surface area contributed by atoms with Crippen molar-refractivity contribution in [3.63, 3.8) is 0 Å². The summed E-state index contributed by atoms with van der Waals surface area (Å²) in [5.41, 5.74) is 1.09. The van der Waals surface area contributed by atoms with E-state index in [1.165, 1.54) is 0 Å². The van der Waals surface area contributed by atoms with Gasteiger partial charge in [-0.05, 0) is 30.7 Å². The first-order chi connectivity index (χ1) is 11.5. The second kappa shape index (κ2) is 8.71. The number of urea groups is 1. The Hall–Kier alpha value is -2.04. The zero-order chi connectivity index (χ0) is 17.5. The van der Waals surface area contributed by atoms with E-state index in [9.17, 15) is 9.59 Å². The molecule has 0 aromatic heterocycles. The SMILES string of the molecule is CC(C)C[C@H](NC(=O)N1CCCC1)C(=O)N(C)Cc1ccccc1. The predicted octanol–water partition coefficient (Wildman–Crippen LogP) is 2.87. The quantitative estimate of drug-likeness (QED) is 0.871. The molecule has 0 unspecified atom stereocenters. The van der Waals surface area contributed by atoms with Gasteiger partial charge in [-0.1, -0.05) is 44.2 Å². The van der Waals surface area contributed by atoms with Gasteiger partial charge in [0.05, 0.1) is 0 Å². The molecular formula is C19H29N3O2. The molecule has 2 rings (SSSR count).